The van der Waals surface area contributed by atoms with Gasteiger partial charge in [-0.3, -0.25) is 14.5 Å². The molecule has 7 rings (SSSR count). The van der Waals surface area contributed by atoms with Crippen LogP contribution in [0.4, 0.5) is 5.69 Å². The van der Waals surface area contributed by atoms with Crippen molar-refractivity contribution in [2.75, 3.05) is 25.0 Å². The maximum absolute atomic E-state index is 15.2. The van der Waals surface area contributed by atoms with Gasteiger partial charge in [0.15, 0.2) is 5.78 Å². The van der Waals surface area contributed by atoms with E-state index in [1.54, 1.807) is 0 Å². The molecule has 0 saturated carbocycles. The van der Waals surface area contributed by atoms with Crippen molar-refractivity contribution in [2.24, 2.45) is 5.41 Å². The molecule has 3 aromatic carbocycles. The molecule has 198 valence electrons. The van der Waals surface area contributed by atoms with E-state index in [1.807, 2.05) is 78.9 Å². The minimum Gasteiger partial charge on any atom is -0.324 e. The third-order valence-electron chi connectivity index (χ3n) is 9.33. The van der Waals surface area contributed by atoms with Crippen LogP contribution in [0.15, 0.2) is 78.4 Å². The van der Waals surface area contributed by atoms with E-state index in [0.717, 1.165) is 48.2 Å². The Morgan fingerprint density at radius 3 is 2.46 bits per heavy atom. The summed E-state index contributed by atoms with van der Waals surface area (Å²) in [5.74, 6) is -0.412. The largest absolute Gasteiger partial charge is 0.324 e. The predicted molar refractivity (Wildman–Crippen MR) is 155 cm³/mol. The Morgan fingerprint density at radius 2 is 1.64 bits per heavy atom. The van der Waals surface area contributed by atoms with Gasteiger partial charge in [0.25, 0.3) is 5.91 Å². The highest BCUT2D eigenvalue weighted by molar-refractivity contribution is 6.32. The summed E-state index contributed by atoms with van der Waals surface area (Å²) in [7, 11) is 0. The Morgan fingerprint density at radius 1 is 0.897 bits per heavy atom. The standard InChI is InChI=1S/C32H29Cl2N3O2/c33-24-12-4-1-9-20(24)17-21-18-35-19-31(29(21)38)28(22-10-2-5-13-25(22)34)27-15-7-8-16-37(27)32(31)23-11-3-6-14-26(23)36-30(32)39/h1-6,9-14,17,27-28,35H,7-8,15-16,18-19H2,(H,36,39)/b21-17+/t27-,28-,31?,32-/m0/s1. The normalized spacial score (nSPS) is 31.1. The lowest BCUT2D eigenvalue weighted by Gasteiger charge is -2.49. The van der Waals surface area contributed by atoms with E-state index in [0.29, 0.717) is 28.7 Å². The Hall–Kier alpha value is -2.96. The zero-order valence-electron chi connectivity index (χ0n) is 21.4. The molecule has 1 unspecified atom stereocenters. The summed E-state index contributed by atoms with van der Waals surface area (Å²) in [4.78, 5) is 32.1. The molecule has 0 bridgehead atoms. The van der Waals surface area contributed by atoms with Crippen molar-refractivity contribution >= 4 is 46.7 Å². The number of rotatable bonds is 2. The Balaban J connectivity index is 1.54. The van der Waals surface area contributed by atoms with Crippen LogP contribution in [0, 0.1) is 5.41 Å². The van der Waals surface area contributed by atoms with Gasteiger partial charge in [0, 0.05) is 51.9 Å². The predicted octanol–water partition coefficient (Wildman–Crippen LogP) is 6.04. The lowest BCUT2D eigenvalue weighted by atomic mass is 9.55. The minimum absolute atomic E-state index is 0.00709. The van der Waals surface area contributed by atoms with Crippen molar-refractivity contribution in [3.05, 3.63) is 105 Å². The average molecular weight is 559 g/mol. The van der Waals surface area contributed by atoms with Crippen LogP contribution in [-0.4, -0.2) is 42.3 Å². The molecule has 1 amide bonds. The number of anilines is 1. The lowest BCUT2D eigenvalue weighted by molar-refractivity contribution is -0.145. The van der Waals surface area contributed by atoms with Crippen LogP contribution < -0.4 is 10.6 Å². The van der Waals surface area contributed by atoms with Crippen molar-refractivity contribution in [3.8, 4) is 0 Å². The second-order valence-electron chi connectivity index (χ2n) is 11.1. The number of benzene rings is 3. The third-order valence-corrected chi connectivity index (χ3v) is 10.0. The molecule has 2 N–H and O–H groups in total. The fourth-order valence-electron chi connectivity index (χ4n) is 7.98. The topological polar surface area (TPSA) is 61.4 Å². The molecule has 4 aliphatic rings. The molecule has 39 heavy (non-hydrogen) atoms. The number of piperidine rings is 2. The van der Waals surface area contributed by atoms with E-state index in [4.69, 9.17) is 23.2 Å². The average Bonchev–Trinajstić information content (AvgIpc) is 3.39. The number of ketones is 1. The summed E-state index contributed by atoms with van der Waals surface area (Å²) < 4.78 is 0. The van der Waals surface area contributed by atoms with Gasteiger partial charge in [0.1, 0.15) is 5.54 Å². The van der Waals surface area contributed by atoms with Crippen LogP contribution in [-0.2, 0) is 15.1 Å². The fraction of sp³-hybridized carbons (Fsp3) is 0.312. The summed E-state index contributed by atoms with van der Waals surface area (Å²) in [6.07, 6.45) is 4.81. The number of Topliss-reactive ketones (excluding diaryl/α,β-unsaturated/α-hetero) is 1. The van der Waals surface area contributed by atoms with E-state index in [9.17, 15) is 4.79 Å². The van der Waals surface area contributed by atoms with Gasteiger partial charge in [-0.05, 0) is 54.8 Å². The first kappa shape index (κ1) is 25.0. The molecular formula is C32H29Cl2N3O2. The molecule has 4 atom stereocenters. The summed E-state index contributed by atoms with van der Waals surface area (Å²) >= 11 is 13.5. The van der Waals surface area contributed by atoms with Crippen molar-refractivity contribution in [1.29, 1.82) is 0 Å². The lowest BCUT2D eigenvalue weighted by Crippen LogP contribution is -2.65. The van der Waals surface area contributed by atoms with Gasteiger partial charge in [-0.2, -0.15) is 0 Å². The Bertz CT molecular complexity index is 1540. The second kappa shape index (κ2) is 9.31. The first-order chi connectivity index (χ1) is 19.0. The first-order valence-corrected chi connectivity index (χ1v) is 14.4. The molecule has 5 nitrogen and oxygen atoms in total. The molecule has 0 aliphatic carbocycles. The molecule has 3 fully saturated rings. The van der Waals surface area contributed by atoms with E-state index in [1.165, 1.54) is 0 Å². The molecule has 4 heterocycles. The maximum Gasteiger partial charge on any atom is 0.250 e. The number of nitrogens with zero attached hydrogens (tertiary/aromatic N) is 1. The quantitative estimate of drug-likeness (QED) is 0.377. The van der Waals surface area contributed by atoms with Crippen molar-refractivity contribution in [1.82, 2.24) is 10.2 Å². The van der Waals surface area contributed by atoms with Crippen LogP contribution >= 0.6 is 23.2 Å². The molecular weight excluding hydrogens is 529 g/mol. The third kappa shape index (κ3) is 3.34. The highest BCUT2D eigenvalue weighted by Gasteiger charge is 2.77. The monoisotopic (exact) mass is 557 g/mol. The number of para-hydroxylation sites is 1. The van der Waals surface area contributed by atoms with Gasteiger partial charge in [0.2, 0.25) is 0 Å². The number of hydrogen-bond acceptors (Lipinski definition) is 4. The van der Waals surface area contributed by atoms with Crippen molar-refractivity contribution in [2.45, 2.75) is 36.8 Å². The van der Waals surface area contributed by atoms with E-state index in [2.05, 4.69) is 15.5 Å². The number of halogens is 2. The van der Waals surface area contributed by atoms with E-state index >= 15 is 4.79 Å². The van der Waals surface area contributed by atoms with Crippen LogP contribution in [0.25, 0.3) is 6.08 Å². The summed E-state index contributed by atoms with van der Waals surface area (Å²) in [6, 6.07) is 23.2. The highest BCUT2D eigenvalue weighted by atomic mass is 35.5. The van der Waals surface area contributed by atoms with Gasteiger partial charge < -0.3 is 10.6 Å². The number of fused-ring (bicyclic) bond motifs is 5. The van der Waals surface area contributed by atoms with Gasteiger partial charge in [-0.25, -0.2) is 0 Å². The van der Waals surface area contributed by atoms with Crippen LogP contribution in [0.3, 0.4) is 0 Å². The smallest absolute Gasteiger partial charge is 0.250 e. The van der Waals surface area contributed by atoms with Crippen LogP contribution in [0.5, 0.6) is 0 Å². The number of carbonyl (C=O) groups is 2. The van der Waals surface area contributed by atoms with Gasteiger partial charge in [-0.15, -0.1) is 0 Å². The Kier molecular flexibility index (Phi) is 5.98. The highest BCUT2D eigenvalue weighted by Crippen LogP contribution is 2.67. The molecule has 0 radical (unpaired) electrons. The number of hydrogen-bond donors (Lipinski definition) is 2. The molecule has 7 heteroatoms. The van der Waals surface area contributed by atoms with Gasteiger partial charge in [0.05, 0.1) is 5.41 Å². The Labute approximate surface area is 238 Å². The first-order valence-electron chi connectivity index (χ1n) is 13.6. The molecule has 0 aromatic heterocycles. The minimum atomic E-state index is -1.16. The summed E-state index contributed by atoms with van der Waals surface area (Å²) in [5, 5.41) is 7.99. The van der Waals surface area contributed by atoms with Crippen molar-refractivity contribution < 1.29 is 9.59 Å². The summed E-state index contributed by atoms with van der Waals surface area (Å²) in [6.45, 7) is 1.52. The van der Waals surface area contributed by atoms with Crippen LogP contribution in [0.1, 0.15) is 41.9 Å². The van der Waals surface area contributed by atoms with E-state index in [-0.39, 0.29) is 23.7 Å². The molecule has 2 spiro atoms. The second-order valence-corrected chi connectivity index (χ2v) is 11.9. The van der Waals surface area contributed by atoms with Crippen LogP contribution in [0.2, 0.25) is 10.0 Å². The maximum atomic E-state index is 15.2. The molecule has 4 aliphatic heterocycles. The van der Waals surface area contributed by atoms with Gasteiger partial charge in [-0.1, -0.05) is 84.2 Å². The van der Waals surface area contributed by atoms with Gasteiger partial charge >= 0.3 is 0 Å². The fourth-order valence-corrected chi connectivity index (χ4v) is 8.43. The zero-order chi connectivity index (χ0) is 26.8. The van der Waals surface area contributed by atoms with E-state index < -0.39 is 11.0 Å². The van der Waals surface area contributed by atoms with Crippen molar-refractivity contribution in [3.63, 3.8) is 0 Å². The number of amides is 1. The zero-order valence-corrected chi connectivity index (χ0v) is 22.9. The molecule has 3 aromatic rings. The SMILES string of the molecule is O=C1/C(=C/c2ccccc2Cl)CNCC12[C@@H](c1ccccc1Cl)[C@@H]1CCCCN1[C@@]21C(=O)Nc2ccccc21. The molecule has 3 saturated heterocycles. The summed E-state index contributed by atoms with van der Waals surface area (Å²) in [5.41, 5.74) is 1.72. The number of nitrogens with one attached hydrogen (secondary N) is 2. The number of carbonyl (C=O) groups excluding carboxylic acids is 2.